The summed E-state index contributed by atoms with van der Waals surface area (Å²) in [6.45, 7) is -0.377. The molecule has 0 aromatic rings. The van der Waals surface area contributed by atoms with E-state index in [2.05, 4.69) is 20.8 Å². The zero-order chi connectivity index (χ0) is 26.0. The highest BCUT2D eigenvalue weighted by atomic mass is 32.2. The number of hydrogen-bond donors (Lipinski definition) is 1. The fraction of sp³-hybridized carbons (Fsp3) is 0.692. The minimum absolute atomic E-state index is 0.857. The van der Waals surface area contributed by atoms with E-state index in [1.807, 2.05) is 0 Å². The number of halogens is 10. The molecule has 0 rings (SSSR count). The molecule has 0 heterocycles. The number of carbonyl (C=O) groups excluding carboxylic acids is 2. The van der Waals surface area contributed by atoms with Gasteiger partial charge in [0, 0.05) is 6.42 Å². The molecule has 0 radical (unpaired) electrons. The molecule has 0 aromatic heterocycles. The third-order valence-electron chi connectivity index (χ3n) is 3.21. The fourth-order valence-electron chi connectivity index (χ4n) is 1.58. The van der Waals surface area contributed by atoms with Gasteiger partial charge < -0.3 is 14.2 Å². The van der Waals surface area contributed by atoms with E-state index >= 15 is 0 Å². The van der Waals surface area contributed by atoms with Crippen molar-refractivity contribution in [1.82, 2.24) is 0 Å². The summed E-state index contributed by atoms with van der Waals surface area (Å²) in [7, 11) is -6.80. The number of esters is 2. The minimum atomic E-state index is -6.80. The highest BCUT2D eigenvalue weighted by molar-refractivity contribution is 7.87. The zero-order valence-corrected chi connectivity index (χ0v) is 16.1. The Morgan fingerprint density at radius 3 is 1.78 bits per heavy atom. The molecule has 0 aliphatic heterocycles. The molecular weight excluding hydrogens is 506 g/mol. The standard InChI is InChI=1S/C13H12F10O8S/c1-3-29-8(25)10(12(19,20)21,31-7(24)6(2)11(16,17)18)30-5-4-9(14,15)13(22,23)32(26,27)28/h2-5H2,1H3,(H,26,27,28). The van der Waals surface area contributed by atoms with Crippen molar-refractivity contribution in [3.05, 3.63) is 12.2 Å². The van der Waals surface area contributed by atoms with Crippen molar-refractivity contribution in [2.45, 2.75) is 42.7 Å². The van der Waals surface area contributed by atoms with E-state index in [-0.39, 0.29) is 0 Å². The maximum Gasteiger partial charge on any atom is 0.468 e. The van der Waals surface area contributed by atoms with Crippen LogP contribution in [0, 0.1) is 0 Å². The van der Waals surface area contributed by atoms with E-state index < -0.39 is 76.6 Å². The van der Waals surface area contributed by atoms with Crippen molar-refractivity contribution in [1.29, 1.82) is 0 Å². The van der Waals surface area contributed by atoms with Crippen LogP contribution in [0.2, 0.25) is 0 Å². The SMILES string of the molecule is C=C(C(=O)OC(OCCC(F)(F)C(F)(F)S(=O)(=O)O)(C(=O)OCC)C(F)(F)F)C(F)(F)F. The summed E-state index contributed by atoms with van der Waals surface area (Å²) in [5, 5.41) is -6.25. The van der Waals surface area contributed by atoms with Crippen molar-refractivity contribution in [2.75, 3.05) is 13.2 Å². The highest BCUT2D eigenvalue weighted by Gasteiger charge is 2.70. The molecule has 188 valence electrons. The topological polar surface area (TPSA) is 116 Å². The largest absolute Gasteiger partial charge is 0.468 e. The predicted molar refractivity (Wildman–Crippen MR) is 78.7 cm³/mol. The second kappa shape index (κ2) is 9.38. The molecule has 1 unspecified atom stereocenters. The van der Waals surface area contributed by atoms with Crippen LogP contribution in [0.5, 0.6) is 0 Å². The Hall–Kier alpha value is -2.15. The van der Waals surface area contributed by atoms with Gasteiger partial charge in [0.1, 0.15) is 5.57 Å². The summed E-state index contributed by atoms with van der Waals surface area (Å²) in [5.41, 5.74) is -2.61. The van der Waals surface area contributed by atoms with Crippen molar-refractivity contribution >= 4 is 22.1 Å². The monoisotopic (exact) mass is 518 g/mol. The highest BCUT2D eigenvalue weighted by Crippen LogP contribution is 2.42. The molecule has 1 atom stereocenters. The van der Waals surface area contributed by atoms with Gasteiger partial charge in [0.2, 0.25) is 0 Å². The number of ether oxygens (including phenoxy) is 3. The molecule has 0 saturated heterocycles. The van der Waals surface area contributed by atoms with Crippen LogP contribution >= 0.6 is 0 Å². The van der Waals surface area contributed by atoms with E-state index in [1.165, 1.54) is 0 Å². The van der Waals surface area contributed by atoms with Gasteiger partial charge in [-0.3, -0.25) is 4.55 Å². The number of hydrogen-bond acceptors (Lipinski definition) is 7. The quantitative estimate of drug-likeness (QED) is 0.154. The Labute approximate surface area is 171 Å². The van der Waals surface area contributed by atoms with Gasteiger partial charge in [-0.1, -0.05) is 6.58 Å². The molecule has 1 N–H and O–H groups in total. The van der Waals surface area contributed by atoms with Crippen LogP contribution in [0.1, 0.15) is 13.3 Å². The second-order valence-corrected chi connectivity index (χ2v) is 6.96. The molecule has 19 heteroatoms. The maximum absolute atomic E-state index is 13.4. The second-order valence-electron chi connectivity index (χ2n) is 5.50. The van der Waals surface area contributed by atoms with E-state index in [0.717, 1.165) is 6.92 Å². The Morgan fingerprint density at radius 2 is 1.44 bits per heavy atom. The molecule has 0 aliphatic carbocycles. The Bertz CT molecular complexity index is 833. The summed E-state index contributed by atoms with van der Waals surface area (Å²) < 4.78 is 171. The van der Waals surface area contributed by atoms with Crippen LogP contribution in [0.3, 0.4) is 0 Å². The number of carbonyl (C=O) groups is 2. The van der Waals surface area contributed by atoms with Crippen LogP contribution in [0.15, 0.2) is 12.2 Å². The summed E-state index contributed by atoms with van der Waals surface area (Å²) in [4.78, 5) is 23.1. The van der Waals surface area contributed by atoms with Crippen LogP contribution in [-0.2, 0) is 33.9 Å². The lowest BCUT2D eigenvalue weighted by Crippen LogP contribution is -2.59. The first-order chi connectivity index (χ1) is 14.0. The van der Waals surface area contributed by atoms with Gasteiger partial charge in [0.15, 0.2) is 0 Å². The molecule has 0 bridgehead atoms. The normalized spacial score (nSPS) is 15.6. The first-order valence-corrected chi connectivity index (χ1v) is 9.02. The van der Waals surface area contributed by atoms with E-state index in [0.29, 0.717) is 0 Å². The molecule has 0 fully saturated rings. The molecule has 8 nitrogen and oxygen atoms in total. The van der Waals surface area contributed by atoms with Gasteiger partial charge in [0.05, 0.1) is 13.2 Å². The Kier molecular flexibility index (Phi) is 8.75. The van der Waals surface area contributed by atoms with Crippen LogP contribution in [0.25, 0.3) is 0 Å². The third kappa shape index (κ3) is 6.21. The molecule has 0 spiro atoms. The lowest BCUT2D eigenvalue weighted by atomic mass is 10.2. The average Bonchev–Trinajstić information content (AvgIpc) is 2.56. The molecule has 32 heavy (non-hydrogen) atoms. The lowest BCUT2D eigenvalue weighted by molar-refractivity contribution is -0.357. The minimum Gasteiger partial charge on any atom is -0.461 e. The Balaban J connectivity index is 6.14. The van der Waals surface area contributed by atoms with Gasteiger partial charge in [0.25, 0.3) is 0 Å². The summed E-state index contributed by atoms with van der Waals surface area (Å²) in [6.07, 6.45) is -14.7. The molecule has 0 aromatic carbocycles. The summed E-state index contributed by atoms with van der Waals surface area (Å²) in [5.74, 6) is -16.8. The van der Waals surface area contributed by atoms with Crippen LogP contribution < -0.4 is 0 Å². The first kappa shape index (κ1) is 29.9. The van der Waals surface area contributed by atoms with Crippen molar-refractivity contribution in [2.24, 2.45) is 0 Å². The van der Waals surface area contributed by atoms with Crippen LogP contribution in [-0.4, -0.2) is 67.4 Å². The van der Waals surface area contributed by atoms with Gasteiger partial charge in [-0.25, -0.2) is 9.59 Å². The smallest absolute Gasteiger partial charge is 0.461 e. The van der Waals surface area contributed by atoms with Gasteiger partial charge >= 0.3 is 51.4 Å². The predicted octanol–water partition coefficient (Wildman–Crippen LogP) is 2.99. The molecule has 0 aliphatic rings. The van der Waals surface area contributed by atoms with E-state index in [4.69, 9.17) is 4.55 Å². The lowest BCUT2D eigenvalue weighted by Gasteiger charge is -2.33. The molecular formula is C13H12F10O8S. The van der Waals surface area contributed by atoms with Crippen molar-refractivity contribution in [3.8, 4) is 0 Å². The van der Waals surface area contributed by atoms with Gasteiger partial charge in [-0.15, -0.1) is 0 Å². The van der Waals surface area contributed by atoms with Crippen LogP contribution in [0.4, 0.5) is 43.9 Å². The third-order valence-corrected chi connectivity index (χ3v) is 4.16. The average molecular weight is 518 g/mol. The zero-order valence-electron chi connectivity index (χ0n) is 15.3. The maximum atomic E-state index is 13.4. The Morgan fingerprint density at radius 1 is 0.969 bits per heavy atom. The number of rotatable bonds is 10. The van der Waals surface area contributed by atoms with Crippen molar-refractivity contribution < 1.29 is 80.7 Å². The van der Waals surface area contributed by atoms with Gasteiger partial charge in [-0.05, 0) is 6.92 Å². The van der Waals surface area contributed by atoms with Gasteiger partial charge in [-0.2, -0.15) is 52.3 Å². The summed E-state index contributed by atoms with van der Waals surface area (Å²) >= 11 is 0. The molecule has 0 amide bonds. The van der Waals surface area contributed by atoms with E-state index in [1.54, 1.807) is 0 Å². The molecule has 0 saturated carbocycles. The van der Waals surface area contributed by atoms with E-state index in [9.17, 15) is 61.9 Å². The fourth-order valence-corrected chi connectivity index (χ4v) is 2.06. The van der Waals surface area contributed by atoms with Crippen molar-refractivity contribution in [3.63, 3.8) is 0 Å². The first-order valence-electron chi connectivity index (χ1n) is 7.58. The number of alkyl halides is 10. The summed E-state index contributed by atoms with van der Waals surface area (Å²) in [6, 6.07) is 0.